The van der Waals surface area contributed by atoms with Gasteiger partial charge in [0.15, 0.2) is 11.5 Å². The number of nitrogens with one attached hydrogen (secondary N) is 2. The van der Waals surface area contributed by atoms with Gasteiger partial charge < -0.3 is 20.1 Å². The van der Waals surface area contributed by atoms with Crippen LogP contribution in [0.1, 0.15) is 34.5 Å². The van der Waals surface area contributed by atoms with E-state index in [1.54, 1.807) is 0 Å². The largest absolute Gasteiger partial charge is 0.355 e. The van der Waals surface area contributed by atoms with Crippen LogP contribution in [0.15, 0.2) is 65.2 Å². The first-order valence-electron chi connectivity index (χ1n) is 11.0. The van der Waals surface area contributed by atoms with Crippen molar-refractivity contribution < 1.29 is 18.9 Å². The predicted octanol–water partition coefficient (Wildman–Crippen LogP) is 2.55. The molecule has 33 heavy (non-hydrogen) atoms. The molecule has 0 unspecified atom stereocenters. The zero-order valence-electron chi connectivity index (χ0n) is 18.3. The summed E-state index contributed by atoms with van der Waals surface area (Å²) in [5.41, 5.74) is 3.42. The van der Waals surface area contributed by atoms with E-state index < -0.39 is 5.91 Å². The van der Waals surface area contributed by atoms with E-state index in [2.05, 4.69) is 27.9 Å². The number of benzene rings is 2. The van der Waals surface area contributed by atoms with Crippen molar-refractivity contribution in [2.45, 2.75) is 25.8 Å². The first-order chi connectivity index (χ1) is 16.1. The molecular weight excluding hydrogens is 420 g/mol. The van der Waals surface area contributed by atoms with Gasteiger partial charge in [-0.05, 0) is 24.0 Å². The molecule has 1 aliphatic heterocycles. The van der Waals surface area contributed by atoms with Crippen molar-refractivity contribution in [2.75, 3.05) is 19.6 Å². The topological polar surface area (TPSA) is 105 Å². The molecule has 8 nitrogen and oxygen atoms in total. The number of amides is 3. The normalized spacial score (nSPS) is 12.7. The summed E-state index contributed by atoms with van der Waals surface area (Å²) in [6.45, 7) is 1.56. The summed E-state index contributed by atoms with van der Waals surface area (Å²) in [5, 5.41) is 9.01. The molecule has 3 amide bonds. The molecule has 0 atom stereocenters. The van der Waals surface area contributed by atoms with Gasteiger partial charge in [-0.15, -0.1) is 0 Å². The molecule has 0 bridgehead atoms. The second kappa shape index (κ2) is 10.6. The van der Waals surface area contributed by atoms with Crippen LogP contribution < -0.4 is 10.6 Å². The highest BCUT2D eigenvalue weighted by molar-refractivity contribution is 5.95. The Hall–Kier alpha value is -3.94. The van der Waals surface area contributed by atoms with Gasteiger partial charge in [-0.1, -0.05) is 59.8 Å². The fourth-order valence-electron chi connectivity index (χ4n) is 3.77. The fourth-order valence-corrected chi connectivity index (χ4v) is 3.77. The number of aromatic nitrogens is 1. The highest BCUT2D eigenvalue weighted by Gasteiger charge is 2.20. The van der Waals surface area contributed by atoms with E-state index in [0.717, 1.165) is 18.5 Å². The molecule has 0 spiro atoms. The summed E-state index contributed by atoms with van der Waals surface area (Å²) in [6.07, 6.45) is 1.78. The van der Waals surface area contributed by atoms with Crippen LogP contribution in [0.2, 0.25) is 0 Å². The highest BCUT2D eigenvalue weighted by atomic mass is 16.5. The van der Waals surface area contributed by atoms with Crippen LogP contribution in [0.25, 0.3) is 11.3 Å². The minimum absolute atomic E-state index is 0.0901. The summed E-state index contributed by atoms with van der Waals surface area (Å²) >= 11 is 0. The van der Waals surface area contributed by atoms with Gasteiger partial charge >= 0.3 is 0 Å². The number of hydrogen-bond donors (Lipinski definition) is 2. The third-order valence-corrected chi connectivity index (χ3v) is 5.58. The van der Waals surface area contributed by atoms with Crippen LogP contribution in [0.4, 0.5) is 0 Å². The molecule has 0 saturated heterocycles. The van der Waals surface area contributed by atoms with Crippen LogP contribution in [-0.4, -0.2) is 47.4 Å². The first-order valence-corrected chi connectivity index (χ1v) is 11.0. The van der Waals surface area contributed by atoms with Crippen molar-refractivity contribution in [3.05, 3.63) is 77.5 Å². The smallest absolute Gasteiger partial charge is 0.273 e. The lowest BCUT2D eigenvalue weighted by Crippen LogP contribution is -2.38. The van der Waals surface area contributed by atoms with Gasteiger partial charge in [0.05, 0.1) is 6.54 Å². The molecule has 1 aliphatic rings. The zero-order valence-corrected chi connectivity index (χ0v) is 18.3. The van der Waals surface area contributed by atoms with Crippen LogP contribution in [-0.2, 0) is 22.6 Å². The van der Waals surface area contributed by atoms with Gasteiger partial charge in [0, 0.05) is 37.7 Å². The van der Waals surface area contributed by atoms with Crippen molar-refractivity contribution >= 4 is 17.7 Å². The molecule has 3 aromatic rings. The highest BCUT2D eigenvalue weighted by Crippen LogP contribution is 2.20. The molecule has 2 heterocycles. The number of fused-ring (bicyclic) bond motifs is 1. The predicted molar refractivity (Wildman–Crippen MR) is 122 cm³/mol. The van der Waals surface area contributed by atoms with Crippen LogP contribution >= 0.6 is 0 Å². The van der Waals surface area contributed by atoms with Gasteiger partial charge in [0.25, 0.3) is 5.91 Å². The average Bonchev–Trinajstić information content (AvgIpc) is 3.36. The van der Waals surface area contributed by atoms with Crippen molar-refractivity contribution in [1.29, 1.82) is 0 Å². The lowest BCUT2D eigenvalue weighted by atomic mass is 9.99. The molecule has 1 aromatic heterocycles. The van der Waals surface area contributed by atoms with Gasteiger partial charge in [-0.25, -0.2) is 0 Å². The molecule has 2 N–H and O–H groups in total. The third-order valence-electron chi connectivity index (χ3n) is 5.58. The molecule has 0 saturated carbocycles. The summed E-state index contributed by atoms with van der Waals surface area (Å²) in [5.74, 6) is -0.245. The monoisotopic (exact) mass is 446 g/mol. The van der Waals surface area contributed by atoms with E-state index in [9.17, 15) is 14.4 Å². The Bertz CT molecular complexity index is 1130. The average molecular weight is 447 g/mol. The molecule has 2 aromatic carbocycles. The van der Waals surface area contributed by atoms with E-state index in [0.29, 0.717) is 31.7 Å². The summed E-state index contributed by atoms with van der Waals surface area (Å²) in [7, 11) is 0. The lowest BCUT2D eigenvalue weighted by Gasteiger charge is -2.29. The van der Waals surface area contributed by atoms with E-state index in [1.807, 2.05) is 47.4 Å². The Labute approximate surface area is 191 Å². The van der Waals surface area contributed by atoms with Crippen molar-refractivity contribution in [1.82, 2.24) is 20.7 Å². The van der Waals surface area contributed by atoms with Crippen LogP contribution in [0, 0.1) is 0 Å². The standard InChI is InChI=1S/C25H26N4O4/c30-23(16-27-25(32)21-15-22(33-28-21)19-8-2-1-3-9-19)26-13-6-11-24(31)29-14-12-18-7-4-5-10-20(18)17-29/h1-5,7-10,15H,6,11-14,16-17H2,(H,26,30)(H,27,32). The van der Waals surface area contributed by atoms with E-state index in [1.165, 1.54) is 17.2 Å². The van der Waals surface area contributed by atoms with E-state index in [4.69, 9.17) is 4.52 Å². The van der Waals surface area contributed by atoms with Crippen molar-refractivity contribution in [3.63, 3.8) is 0 Å². The Morgan fingerprint density at radius 2 is 1.73 bits per heavy atom. The third kappa shape index (κ3) is 5.85. The molecule has 4 rings (SSSR count). The quantitative estimate of drug-likeness (QED) is 0.518. The second-order valence-corrected chi connectivity index (χ2v) is 7.91. The first kappa shape index (κ1) is 22.3. The molecule has 8 heteroatoms. The maximum absolute atomic E-state index is 12.5. The van der Waals surface area contributed by atoms with Crippen LogP contribution in [0.5, 0.6) is 0 Å². The number of rotatable bonds is 8. The Balaban J connectivity index is 1.14. The summed E-state index contributed by atoms with van der Waals surface area (Å²) in [4.78, 5) is 38.6. The maximum atomic E-state index is 12.5. The van der Waals surface area contributed by atoms with Gasteiger partial charge in [-0.2, -0.15) is 0 Å². The second-order valence-electron chi connectivity index (χ2n) is 7.91. The number of carbonyl (C=O) groups is 3. The Kier molecular flexibility index (Phi) is 7.14. The van der Waals surface area contributed by atoms with Gasteiger partial charge in [0.1, 0.15) is 0 Å². The van der Waals surface area contributed by atoms with Gasteiger partial charge in [0.2, 0.25) is 11.8 Å². The molecular formula is C25H26N4O4. The minimum atomic E-state index is -0.489. The maximum Gasteiger partial charge on any atom is 0.273 e. The summed E-state index contributed by atoms with van der Waals surface area (Å²) in [6, 6.07) is 19.0. The van der Waals surface area contributed by atoms with Crippen molar-refractivity contribution in [2.24, 2.45) is 0 Å². The van der Waals surface area contributed by atoms with Gasteiger partial charge in [-0.3, -0.25) is 14.4 Å². The lowest BCUT2D eigenvalue weighted by molar-refractivity contribution is -0.132. The number of carbonyl (C=O) groups excluding carboxylic acids is 3. The van der Waals surface area contributed by atoms with E-state index >= 15 is 0 Å². The molecule has 0 radical (unpaired) electrons. The SMILES string of the molecule is O=C(CNC(=O)c1cc(-c2ccccc2)on1)NCCCC(=O)N1CCc2ccccc2C1. The van der Waals surface area contributed by atoms with Crippen LogP contribution in [0.3, 0.4) is 0 Å². The minimum Gasteiger partial charge on any atom is -0.355 e. The molecule has 0 aliphatic carbocycles. The Morgan fingerprint density at radius 3 is 2.55 bits per heavy atom. The number of nitrogens with zero attached hydrogens (tertiary/aromatic N) is 2. The Morgan fingerprint density at radius 1 is 0.970 bits per heavy atom. The summed E-state index contributed by atoms with van der Waals surface area (Å²) < 4.78 is 5.20. The number of hydrogen-bond acceptors (Lipinski definition) is 5. The fraction of sp³-hybridized carbons (Fsp3) is 0.280. The zero-order chi connectivity index (χ0) is 23.0. The molecule has 170 valence electrons. The van der Waals surface area contributed by atoms with Crippen molar-refractivity contribution in [3.8, 4) is 11.3 Å². The van der Waals surface area contributed by atoms with E-state index in [-0.39, 0.29) is 24.1 Å². The molecule has 0 fully saturated rings.